The molecule has 1 aromatic rings. The summed E-state index contributed by atoms with van der Waals surface area (Å²) in [6.07, 6.45) is 7.75. The van der Waals surface area contributed by atoms with Gasteiger partial charge in [-0.15, -0.1) is 13.2 Å². The van der Waals surface area contributed by atoms with Crippen LogP contribution in [0.4, 0.5) is 18.9 Å². The average molecular weight is 504 g/mol. The molecule has 0 heterocycles. The van der Waals surface area contributed by atoms with Crippen molar-refractivity contribution in [1.82, 2.24) is 0 Å². The Hall–Kier alpha value is -3.09. The second-order valence-electron chi connectivity index (χ2n) is 9.21. The fraction of sp³-hybridized carbons (Fsp3) is 0.448. The highest BCUT2D eigenvalue weighted by Crippen LogP contribution is 2.34. The van der Waals surface area contributed by atoms with Gasteiger partial charge in [0.05, 0.1) is 0 Å². The van der Waals surface area contributed by atoms with Crippen molar-refractivity contribution in [1.29, 1.82) is 0 Å². The molecule has 1 aliphatic carbocycles. The second-order valence-corrected chi connectivity index (χ2v) is 9.21. The van der Waals surface area contributed by atoms with Crippen molar-refractivity contribution in [2.75, 3.05) is 5.32 Å². The van der Waals surface area contributed by atoms with Gasteiger partial charge in [-0.25, -0.2) is 0 Å². The zero-order valence-corrected chi connectivity index (χ0v) is 21.1. The fourth-order valence-electron chi connectivity index (χ4n) is 4.50. The molecule has 7 heteroatoms. The van der Waals surface area contributed by atoms with Crippen molar-refractivity contribution >= 4 is 17.4 Å². The monoisotopic (exact) mass is 503 g/mol. The van der Waals surface area contributed by atoms with E-state index in [-0.39, 0.29) is 23.5 Å². The van der Waals surface area contributed by atoms with Crippen molar-refractivity contribution < 1.29 is 27.5 Å². The Morgan fingerprint density at radius 2 is 1.72 bits per heavy atom. The van der Waals surface area contributed by atoms with Gasteiger partial charge in [0.25, 0.3) is 5.91 Å². The van der Waals surface area contributed by atoms with E-state index < -0.39 is 18.0 Å². The number of carbonyl (C=O) groups excluding carboxylic acids is 2. The molecule has 1 amide bonds. The predicted octanol–water partition coefficient (Wildman–Crippen LogP) is 8.09. The summed E-state index contributed by atoms with van der Waals surface area (Å²) in [6.45, 7) is 11.7. The van der Waals surface area contributed by atoms with Gasteiger partial charge in [0, 0.05) is 17.7 Å². The fourth-order valence-corrected chi connectivity index (χ4v) is 4.50. The first-order chi connectivity index (χ1) is 17.1. The summed E-state index contributed by atoms with van der Waals surface area (Å²) in [5, 5.41) is 2.63. The van der Waals surface area contributed by atoms with Gasteiger partial charge in [-0.2, -0.15) is 0 Å². The average Bonchev–Trinajstić information content (AvgIpc) is 2.83. The molecule has 0 aromatic heterocycles. The molecule has 0 saturated heterocycles. The van der Waals surface area contributed by atoms with E-state index in [9.17, 15) is 22.8 Å². The normalized spacial score (nSPS) is 18.9. The van der Waals surface area contributed by atoms with E-state index in [2.05, 4.69) is 30.1 Å². The number of ether oxygens (including phenoxy) is 1. The van der Waals surface area contributed by atoms with Crippen molar-refractivity contribution in [2.45, 2.75) is 71.6 Å². The lowest BCUT2D eigenvalue weighted by molar-refractivity contribution is -0.274. The Morgan fingerprint density at radius 3 is 2.25 bits per heavy atom. The lowest BCUT2D eigenvalue weighted by atomic mass is 9.78. The molecular weight excluding hydrogens is 467 g/mol. The first kappa shape index (κ1) is 29.1. The second kappa shape index (κ2) is 13.9. The molecule has 36 heavy (non-hydrogen) atoms. The van der Waals surface area contributed by atoms with Crippen LogP contribution in [0.25, 0.3) is 0 Å². The van der Waals surface area contributed by atoms with E-state index in [1.807, 2.05) is 0 Å². The molecule has 0 spiro atoms. The third kappa shape index (κ3) is 9.51. The van der Waals surface area contributed by atoms with Crippen LogP contribution in [-0.4, -0.2) is 18.1 Å². The SMILES string of the molecule is C=C/C(C(=O)Nc1ccc(OC(F)(F)F)cc1)=C(\C=C/C)CC(=O)C(=C)CCC1CCC(CC)CC1. The molecule has 1 fully saturated rings. The van der Waals surface area contributed by atoms with Crippen LogP contribution in [0.15, 0.2) is 72.4 Å². The number of amides is 1. The maximum atomic E-state index is 12.9. The smallest absolute Gasteiger partial charge is 0.406 e. The Balaban J connectivity index is 2.02. The number of Topliss-reactive ketones (excluding diaryl/α,β-unsaturated/α-hetero) is 1. The van der Waals surface area contributed by atoms with Gasteiger partial charge in [-0.05, 0) is 67.0 Å². The first-order valence-electron chi connectivity index (χ1n) is 12.4. The van der Waals surface area contributed by atoms with E-state index in [4.69, 9.17) is 0 Å². The van der Waals surface area contributed by atoms with Gasteiger partial charge in [-0.1, -0.05) is 70.4 Å². The summed E-state index contributed by atoms with van der Waals surface area (Å²) in [5.41, 5.74) is 1.54. The van der Waals surface area contributed by atoms with Crippen molar-refractivity contribution in [3.05, 3.63) is 72.4 Å². The summed E-state index contributed by atoms with van der Waals surface area (Å²) in [4.78, 5) is 25.8. The minimum absolute atomic E-state index is 0.0128. The number of carbonyl (C=O) groups is 2. The molecule has 0 radical (unpaired) electrons. The van der Waals surface area contributed by atoms with Crippen LogP contribution >= 0.6 is 0 Å². The molecule has 1 aliphatic rings. The quantitative estimate of drug-likeness (QED) is 0.232. The number of benzene rings is 1. The molecular formula is C29H36F3NO3. The number of hydrogen-bond acceptors (Lipinski definition) is 3. The minimum Gasteiger partial charge on any atom is -0.406 e. The third-order valence-electron chi connectivity index (χ3n) is 6.65. The Bertz CT molecular complexity index is 982. The third-order valence-corrected chi connectivity index (χ3v) is 6.65. The predicted molar refractivity (Wildman–Crippen MR) is 138 cm³/mol. The van der Waals surface area contributed by atoms with Gasteiger partial charge < -0.3 is 10.1 Å². The number of allylic oxidation sites excluding steroid dienone is 4. The molecule has 2 rings (SSSR count). The molecule has 196 valence electrons. The first-order valence-corrected chi connectivity index (χ1v) is 12.4. The number of halogens is 3. The number of hydrogen-bond donors (Lipinski definition) is 1. The van der Waals surface area contributed by atoms with Gasteiger partial charge in [-0.3, -0.25) is 9.59 Å². The van der Waals surface area contributed by atoms with Crippen LogP contribution in [0.1, 0.15) is 65.2 Å². The number of rotatable bonds is 12. The Morgan fingerprint density at radius 1 is 1.11 bits per heavy atom. The number of alkyl halides is 3. The number of anilines is 1. The van der Waals surface area contributed by atoms with Crippen LogP contribution in [0, 0.1) is 11.8 Å². The van der Waals surface area contributed by atoms with Crippen molar-refractivity contribution in [3.63, 3.8) is 0 Å². The van der Waals surface area contributed by atoms with Crippen LogP contribution in [-0.2, 0) is 9.59 Å². The zero-order valence-electron chi connectivity index (χ0n) is 21.1. The topological polar surface area (TPSA) is 55.4 Å². The van der Waals surface area contributed by atoms with Crippen LogP contribution in [0.5, 0.6) is 5.75 Å². The summed E-state index contributed by atoms with van der Waals surface area (Å²) in [7, 11) is 0. The van der Waals surface area contributed by atoms with Crippen LogP contribution in [0.3, 0.4) is 0 Å². The van der Waals surface area contributed by atoms with E-state index in [0.29, 0.717) is 23.5 Å². The summed E-state index contributed by atoms with van der Waals surface area (Å²) in [6, 6.07) is 4.82. The lowest BCUT2D eigenvalue weighted by Crippen LogP contribution is -2.18. The number of nitrogens with one attached hydrogen (secondary N) is 1. The Kier molecular flexibility index (Phi) is 11.2. The highest BCUT2D eigenvalue weighted by molar-refractivity contribution is 6.08. The lowest BCUT2D eigenvalue weighted by Gasteiger charge is -2.27. The maximum absolute atomic E-state index is 12.9. The Labute approximate surface area is 212 Å². The van der Waals surface area contributed by atoms with Crippen molar-refractivity contribution in [3.8, 4) is 5.75 Å². The molecule has 1 N–H and O–H groups in total. The molecule has 0 bridgehead atoms. The maximum Gasteiger partial charge on any atom is 0.573 e. The molecule has 0 aliphatic heterocycles. The van der Waals surface area contributed by atoms with E-state index in [1.54, 1.807) is 19.1 Å². The summed E-state index contributed by atoms with van der Waals surface area (Å²) < 4.78 is 40.9. The molecule has 1 saturated carbocycles. The van der Waals surface area contributed by atoms with Crippen LogP contribution < -0.4 is 10.1 Å². The van der Waals surface area contributed by atoms with Gasteiger partial charge in [0.1, 0.15) is 5.75 Å². The van der Waals surface area contributed by atoms with E-state index in [1.165, 1.54) is 50.3 Å². The van der Waals surface area contributed by atoms with Crippen molar-refractivity contribution in [2.24, 2.45) is 11.8 Å². The van der Waals surface area contributed by atoms with E-state index in [0.717, 1.165) is 24.5 Å². The van der Waals surface area contributed by atoms with Crippen LogP contribution in [0.2, 0.25) is 0 Å². The molecule has 4 nitrogen and oxygen atoms in total. The zero-order chi connectivity index (χ0) is 26.7. The highest BCUT2D eigenvalue weighted by atomic mass is 19.4. The molecule has 0 atom stereocenters. The van der Waals surface area contributed by atoms with Gasteiger partial charge >= 0.3 is 6.36 Å². The van der Waals surface area contributed by atoms with Gasteiger partial charge in [0.2, 0.25) is 0 Å². The standard InChI is InChI=1S/C29H36F3NO3/c1-5-8-23(19-27(34)20(4)9-10-22-13-11-21(6-2)12-14-22)26(7-3)28(35)33-24-15-17-25(18-16-24)36-29(30,31)32/h5,7-8,15-18,21-22H,3-4,6,9-14,19H2,1-2H3,(H,33,35)/b8-5-,26-23-. The largest absolute Gasteiger partial charge is 0.573 e. The van der Waals surface area contributed by atoms with E-state index >= 15 is 0 Å². The summed E-state index contributed by atoms with van der Waals surface area (Å²) >= 11 is 0. The molecule has 0 unspecified atom stereocenters. The number of ketones is 1. The minimum atomic E-state index is -4.80. The summed E-state index contributed by atoms with van der Waals surface area (Å²) in [5.74, 6) is 0.427. The van der Waals surface area contributed by atoms with Gasteiger partial charge in [0.15, 0.2) is 5.78 Å². The molecule has 1 aromatic carbocycles. The highest BCUT2D eigenvalue weighted by Gasteiger charge is 2.31.